The summed E-state index contributed by atoms with van der Waals surface area (Å²) in [6.07, 6.45) is 5.75. The lowest BCUT2D eigenvalue weighted by Gasteiger charge is -2.08. The highest BCUT2D eigenvalue weighted by atomic mass is 19.1. The fourth-order valence-corrected chi connectivity index (χ4v) is 4.49. The van der Waals surface area contributed by atoms with Crippen molar-refractivity contribution in [1.29, 1.82) is 0 Å². The van der Waals surface area contributed by atoms with E-state index in [1.165, 1.54) is 24.5 Å². The fourth-order valence-electron chi connectivity index (χ4n) is 4.49. The van der Waals surface area contributed by atoms with Gasteiger partial charge in [0.25, 0.3) is 0 Å². The molecule has 1 amide bonds. The van der Waals surface area contributed by atoms with Gasteiger partial charge >= 0.3 is 0 Å². The first kappa shape index (κ1) is 23.4. The number of rotatable bonds is 6. The van der Waals surface area contributed by atoms with Crippen LogP contribution in [0.3, 0.4) is 0 Å². The van der Waals surface area contributed by atoms with Gasteiger partial charge in [-0.3, -0.25) is 14.9 Å². The molecular weight excluding hydrogens is 488 g/mol. The van der Waals surface area contributed by atoms with Gasteiger partial charge in [0.05, 0.1) is 28.3 Å². The molecular formula is C28H21F2N7O. The van der Waals surface area contributed by atoms with Crippen molar-refractivity contribution in [3.63, 3.8) is 0 Å². The number of benzene rings is 2. The van der Waals surface area contributed by atoms with Crippen LogP contribution in [-0.4, -0.2) is 36.0 Å². The Hall–Kier alpha value is -4.99. The molecule has 4 heterocycles. The number of nitrogens with zero attached hydrogens (tertiary/aromatic N) is 4. The Bertz CT molecular complexity index is 1830. The van der Waals surface area contributed by atoms with E-state index >= 15 is 4.39 Å². The number of pyridine rings is 2. The summed E-state index contributed by atoms with van der Waals surface area (Å²) >= 11 is 0. The number of imidazole rings is 1. The first-order chi connectivity index (χ1) is 18.5. The molecule has 3 N–H and O–H groups in total. The number of carbonyl (C=O) groups excluding carboxylic acids is 1. The van der Waals surface area contributed by atoms with Crippen molar-refractivity contribution in [1.82, 2.24) is 30.1 Å². The third kappa shape index (κ3) is 4.15. The van der Waals surface area contributed by atoms with Crippen molar-refractivity contribution in [3.05, 3.63) is 78.8 Å². The summed E-state index contributed by atoms with van der Waals surface area (Å²) in [5.41, 5.74) is 4.41. The number of aromatic nitrogens is 6. The predicted molar refractivity (Wildman–Crippen MR) is 141 cm³/mol. The molecule has 6 rings (SSSR count). The van der Waals surface area contributed by atoms with Crippen molar-refractivity contribution in [3.8, 4) is 33.8 Å². The number of hydrogen-bond donors (Lipinski definition) is 3. The lowest BCUT2D eigenvalue weighted by Crippen LogP contribution is -2.10. The second-order valence-corrected chi connectivity index (χ2v) is 8.84. The first-order valence-corrected chi connectivity index (χ1v) is 12.0. The molecule has 0 saturated carbocycles. The van der Waals surface area contributed by atoms with Gasteiger partial charge in [0.1, 0.15) is 17.3 Å². The number of fused-ring (bicyclic) bond motifs is 2. The van der Waals surface area contributed by atoms with Gasteiger partial charge < -0.3 is 10.3 Å². The van der Waals surface area contributed by atoms with Crippen LogP contribution in [0.4, 0.5) is 14.5 Å². The van der Waals surface area contributed by atoms with E-state index in [9.17, 15) is 9.18 Å². The highest BCUT2D eigenvalue weighted by molar-refractivity contribution is 5.98. The van der Waals surface area contributed by atoms with Gasteiger partial charge in [-0.2, -0.15) is 5.10 Å². The van der Waals surface area contributed by atoms with E-state index in [1.807, 2.05) is 6.92 Å². The molecule has 0 atom stereocenters. The minimum atomic E-state index is -0.510. The molecule has 4 aromatic heterocycles. The number of hydrogen-bond acceptors (Lipinski definition) is 5. The van der Waals surface area contributed by atoms with Gasteiger partial charge in [-0.05, 0) is 48.4 Å². The number of amides is 1. The van der Waals surface area contributed by atoms with Crippen molar-refractivity contribution in [2.24, 2.45) is 0 Å². The van der Waals surface area contributed by atoms with E-state index in [2.05, 4.69) is 35.5 Å². The Morgan fingerprint density at radius 3 is 2.76 bits per heavy atom. The Kier molecular flexibility index (Phi) is 5.83. The van der Waals surface area contributed by atoms with Gasteiger partial charge in [0, 0.05) is 35.5 Å². The minimum Gasteiger partial charge on any atom is -0.335 e. The molecule has 0 radical (unpaired) electrons. The summed E-state index contributed by atoms with van der Waals surface area (Å²) in [5, 5.41) is 10.2. The van der Waals surface area contributed by atoms with Gasteiger partial charge in [-0.15, -0.1) is 0 Å². The van der Waals surface area contributed by atoms with Crippen LogP contribution in [0.25, 0.3) is 55.8 Å². The van der Waals surface area contributed by atoms with E-state index in [-0.39, 0.29) is 22.8 Å². The zero-order chi connectivity index (χ0) is 26.2. The molecule has 6 aromatic rings. The molecule has 0 aliphatic rings. The summed E-state index contributed by atoms with van der Waals surface area (Å²) in [5.74, 6) is -0.680. The lowest BCUT2D eigenvalue weighted by molar-refractivity contribution is -0.116. The topological polar surface area (TPSA) is 112 Å². The van der Waals surface area contributed by atoms with Crippen LogP contribution >= 0.6 is 0 Å². The Morgan fingerprint density at radius 1 is 1.03 bits per heavy atom. The number of nitrogens with one attached hydrogen (secondary N) is 3. The minimum absolute atomic E-state index is 0.129. The second-order valence-electron chi connectivity index (χ2n) is 8.84. The summed E-state index contributed by atoms with van der Waals surface area (Å²) < 4.78 is 29.9. The SMILES string of the molecule is CCCC(=O)Nc1cncc(-c2ccc3[nH]nc(-c4nc5nccc(-c6cccc(F)c6)c5[nH]4)c3c2F)c1. The van der Waals surface area contributed by atoms with Crippen molar-refractivity contribution in [2.75, 3.05) is 5.32 Å². The average Bonchev–Trinajstić information content (AvgIpc) is 3.54. The van der Waals surface area contributed by atoms with Crippen LogP contribution in [0.5, 0.6) is 0 Å². The van der Waals surface area contributed by atoms with Crippen LogP contribution in [0.2, 0.25) is 0 Å². The molecule has 0 spiro atoms. The molecule has 0 saturated heterocycles. The Labute approximate surface area is 215 Å². The summed E-state index contributed by atoms with van der Waals surface area (Å²) in [4.78, 5) is 28.3. The lowest BCUT2D eigenvalue weighted by atomic mass is 10.0. The fraction of sp³-hybridized carbons (Fsp3) is 0.107. The Balaban J connectivity index is 1.44. The zero-order valence-corrected chi connectivity index (χ0v) is 20.2. The van der Waals surface area contributed by atoms with E-state index in [4.69, 9.17) is 0 Å². The van der Waals surface area contributed by atoms with Crippen LogP contribution in [0.15, 0.2) is 67.1 Å². The smallest absolute Gasteiger partial charge is 0.224 e. The maximum absolute atomic E-state index is 16.0. The molecule has 0 fully saturated rings. The van der Waals surface area contributed by atoms with Gasteiger partial charge in [-0.1, -0.05) is 19.1 Å². The maximum Gasteiger partial charge on any atom is 0.224 e. The highest BCUT2D eigenvalue weighted by Gasteiger charge is 2.21. The molecule has 2 aromatic carbocycles. The molecule has 0 aliphatic carbocycles. The first-order valence-electron chi connectivity index (χ1n) is 12.0. The number of aromatic amines is 2. The van der Waals surface area contributed by atoms with Crippen LogP contribution in [0.1, 0.15) is 19.8 Å². The van der Waals surface area contributed by atoms with Gasteiger partial charge in [-0.25, -0.2) is 18.7 Å². The van der Waals surface area contributed by atoms with Crippen LogP contribution in [0, 0.1) is 11.6 Å². The average molecular weight is 510 g/mol. The second kappa shape index (κ2) is 9.47. The number of carbonyl (C=O) groups is 1. The largest absolute Gasteiger partial charge is 0.335 e. The molecule has 8 nitrogen and oxygen atoms in total. The summed E-state index contributed by atoms with van der Waals surface area (Å²) in [7, 11) is 0. The quantitative estimate of drug-likeness (QED) is 0.246. The van der Waals surface area contributed by atoms with E-state index in [0.717, 1.165) is 0 Å². The molecule has 38 heavy (non-hydrogen) atoms. The monoisotopic (exact) mass is 509 g/mol. The summed E-state index contributed by atoms with van der Waals surface area (Å²) in [6, 6.07) is 13.0. The van der Waals surface area contributed by atoms with Gasteiger partial charge in [0.2, 0.25) is 5.91 Å². The Morgan fingerprint density at radius 2 is 1.92 bits per heavy atom. The van der Waals surface area contributed by atoms with Crippen molar-refractivity contribution >= 4 is 33.7 Å². The molecule has 0 bridgehead atoms. The molecule has 188 valence electrons. The third-order valence-corrected chi connectivity index (χ3v) is 6.23. The third-order valence-electron chi connectivity index (χ3n) is 6.23. The zero-order valence-electron chi connectivity index (χ0n) is 20.2. The van der Waals surface area contributed by atoms with Crippen molar-refractivity contribution in [2.45, 2.75) is 19.8 Å². The molecule has 0 aliphatic heterocycles. The van der Waals surface area contributed by atoms with E-state index < -0.39 is 5.82 Å². The van der Waals surface area contributed by atoms with Crippen LogP contribution < -0.4 is 5.32 Å². The van der Waals surface area contributed by atoms with E-state index in [0.29, 0.717) is 63.3 Å². The molecule has 10 heteroatoms. The highest BCUT2D eigenvalue weighted by Crippen LogP contribution is 2.35. The normalized spacial score (nSPS) is 11.3. The van der Waals surface area contributed by atoms with Gasteiger partial charge in [0.15, 0.2) is 11.5 Å². The predicted octanol–water partition coefficient (Wildman–Crippen LogP) is 6.25. The number of H-pyrrole nitrogens is 2. The van der Waals surface area contributed by atoms with E-state index in [1.54, 1.807) is 42.6 Å². The number of halogens is 2. The van der Waals surface area contributed by atoms with Crippen molar-refractivity contribution < 1.29 is 13.6 Å². The van der Waals surface area contributed by atoms with Crippen LogP contribution in [-0.2, 0) is 4.79 Å². The maximum atomic E-state index is 16.0. The molecule has 0 unspecified atom stereocenters. The standard InChI is InChI=1S/C28H21F2N7O/c1-2-4-22(38)33-18-12-16(13-31-14-18)19-7-8-21-23(24(19)30)26(37-36-21)28-34-25-20(9-10-32-27(25)35-28)15-5-3-6-17(29)11-15/h3,5-14H,2,4H2,1H3,(H,33,38)(H,36,37)(H,32,34,35). The summed E-state index contributed by atoms with van der Waals surface area (Å²) in [6.45, 7) is 1.92. The number of anilines is 1.